The molecule has 0 aliphatic carbocycles. The Morgan fingerprint density at radius 3 is 2.57 bits per heavy atom. The van der Waals surface area contributed by atoms with Crippen LogP contribution in [-0.4, -0.2) is 40.3 Å². The van der Waals surface area contributed by atoms with Crippen LogP contribution in [-0.2, 0) is 16.0 Å². The van der Waals surface area contributed by atoms with Gasteiger partial charge in [-0.2, -0.15) is 0 Å². The molecule has 0 radical (unpaired) electrons. The summed E-state index contributed by atoms with van der Waals surface area (Å²) in [6, 6.07) is 7.23. The predicted octanol–water partition coefficient (Wildman–Crippen LogP) is 3.54. The van der Waals surface area contributed by atoms with Gasteiger partial charge in [-0.25, -0.2) is 9.59 Å². The Kier molecular flexibility index (Phi) is 5.54. The highest BCUT2D eigenvalue weighted by atomic mass is 127. The van der Waals surface area contributed by atoms with E-state index in [1.54, 1.807) is 20.8 Å². The van der Waals surface area contributed by atoms with Gasteiger partial charge in [0, 0.05) is 10.1 Å². The number of carboxylic acids is 1. The fourth-order valence-corrected chi connectivity index (χ4v) is 3.41. The third-order valence-corrected chi connectivity index (χ3v) is 4.82. The number of amides is 1. The zero-order valence-electron chi connectivity index (χ0n) is 13.6. The molecule has 1 fully saturated rings. The van der Waals surface area contributed by atoms with Gasteiger partial charge in [-0.15, -0.1) is 0 Å². The minimum atomic E-state index is -0.971. The van der Waals surface area contributed by atoms with Crippen molar-refractivity contribution < 1.29 is 19.4 Å². The molecular weight excluding hydrogens is 409 g/mol. The number of hydrogen-bond donors (Lipinski definition) is 1. The van der Waals surface area contributed by atoms with Gasteiger partial charge in [-0.1, -0.05) is 18.2 Å². The van der Waals surface area contributed by atoms with Crippen LogP contribution in [0.25, 0.3) is 0 Å². The molecule has 1 aliphatic heterocycles. The summed E-state index contributed by atoms with van der Waals surface area (Å²) in [6.07, 6.45) is 0.678. The summed E-state index contributed by atoms with van der Waals surface area (Å²) in [5.74, 6) is -0.847. The van der Waals surface area contributed by atoms with Crippen molar-refractivity contribution in [2.24, 2.45) is 5.92 Å². The molecule has 23 heavy (non-hydrogen) atoms. The van der Waals surface area contributed by atoms with Crippen molar-refractivity contribution in [2.45, 2.75) is 45.3 Å². The van der Waals surface area contributed by atoms with Gasteiger partial charge in [0.05, 0.1) is 0 Å². The topological polar surface area (TPSA) is 66.8 Å². The lowest BCUT2D eigenvalue weighted by Gasteiger charge is -2.26. The lowest BCUT2D eigenvalue weighted by Crippen LogP contribution is -2.43. The number of halogens is 1. The van der Waals surface area contributed by atoms with Crippen molar-refractivity contribution in [2.75, 3.05) is 6.54 Å². The van der Waals surface area contributed by atoms with Crippen molar-refractivity contribution in [3.8, 4) is 0 Å². The SMILES string of the molecule is CC(C)(C)OC(=O)N1C[C@@H](Cc2ccccc2I)C[C@@H]1C(=O)O. The Hall–Kier alpha value is -1.31. The number of benzene rings is 1. The van der Waals surface area contributed by atoms with Crippen LogP contribution in [0.1, 0.15) is 32.8 Å². The third kappa shape index (κ3) is 4.83. The van der Waals surface area contributed by atoms with Crippen molar-refractivity contribution in [1.82, 2.24) is 4.90 Å². The minimum absolute atomic E-state index is 0.125. The van der Waals surface area contributed by atoms with Gasteiger partial charge in [0.2, 0.25) is 0 Å². The quantitative estimate of drug-likeness (QED) is 0.744. The molecule has 2 atom stereocenters. The second-order valence-corrected chi connectivity index (χ2v) is 8.05. The zero-order valence-corrected chi connectivity index (χ0v) is 15.7. The monoisotopic (exact) mass is 431 g/mol. The number of hydrogen-bond acceptors (Lipinski definition) is 3. The first-order valence-electron chi connectivity index (χ1n) is 7.63. The van der Waals surface area contributed by atoms with E-state index in [0.29, 0.717) is 13.0 Å². The highest BCUT2D eigenvalue weighted by Gasteiger charge is 2.41. The lowest BCUT2D eigenvalue weighted by atomic mass is 9.97. The van der Waals surface area contributed by atoms with Gasteiger partial charge < -0.3 is 9.84 Å². The molecule has 5 nitrogen and oxygen atoms in total. The maximum absolute atomic E-state index is 12.3. The lowest BCUT2D eigenvalue weighted by molar-refractivity contribution is -0.142. The number of rotatable bonds is 3. The van der Waals surface area contributed by atoms with Gasteiger partial charge in [-0.3, -0.25) is 4.90 Å². The second-order valence-electron chi connectivity index (χ2n) is 6.88. The summed E-state index contributed by atoms with van der Waals surface area (Å²) in [5, 5.41) is 9.42. The smallest absolute Gasteiger partial charge is 0.411 e. The van der Waals surface area contributed by atoms with E-state index >= 15 is 0 Å². The van der Waals surface area contributed by atoms with E-state index in [2.05, 4.69) is 22.6 Å². The molecule has 0 saturated carbocycles. The zero-order chi connectivity index (χ0) is 17.2. The van der Waals surface area contributed by atoms with Crippen LogP contribution in [0, 0.1) is 9.49 Å². The fourth-order valence-electron chi connectivity index (χ4n) is 2.80. The van der Waals surface area contributed by atoms with Crippen molar-refractivity contribution in [1.29, 1.82) is 0 Å². The number of likely N-dealkylation sites (tertiary alicyclic amines) is 1. The van der Waals surface area contributed by atoms with E-state index in [1.165, 1.54) is 10.5 Å². The largest absolute Gasteiger partial charge is 0.480 e. The molecule has 1 saturated heterocycles. The summed E-state index contributed by atoms with van der Waals surface area (Å²) in [6.45, 7) is 5.75. The van der Waals surface area contributed by atoms with Crippen LogP contribution < -0.4 is 0 Å². The van der Waals surface area contributed by atoms with E-state index in [4.69, 9.17) is 4.74 Å². The fraction of sp³-hybridized carbons (Fsp3) is 0.529. The van der Waals surface area contributed by atoms with Gasteiger partial charge in [0.25, 0.3) is 0 Å². The van der Waals surface area contributed by atoms with Gasteiger partial charge >= 0.3 is 12.1 Å². The highest BCUT2D eigenvalue weighted by Crippen LogP contribution is 2.29. The number of aliphatic carboxylic acids is 1. The van der Waals surface area contributed by atoms with Gasteiger partial charge in [0.1, 0.15) is 11.6 Å². The van der Waals surface area contributed by atoms with Crippen LogP contribution in [0.5, 0.6) is 0 Å². The normalized spacial score (nSPS) is 21.3. The number of carbonyl (C=O) groups excluding carboxylic acids is 1. The number of nitrogens with zero attached hydrogens (tertiary/aromatic N) is 1. The first-order chi connectivity index (χ1) is 10.7. The van der Waals surface area contributed by atoms with Gasteiger partial charge in [-0.05, 0) is 73.8 Å². The second kappa shape index (κ2) is 7.07. The summed E-state index contributed by atoms with van der Waals surface area (Å²) in [7, 11) is 0. The van der Waals surface area contributed by atoms with Crippen molar-refractivity contribution in [3.63, 3.8) is 0 Å². The first-order valence-corrected chi connectivity index (χ1v) is 8.71. The molecule has 1 aromatic carbocycles. The molecule has 6 heteroatoms. The Labute approximate surface area is 150 Å². The number of carboxylic acid groups (broad SMARTS) is 1. The standard InChI is InChI=1S/C17H22INO4/c1-17(2,3)23-16(22)19-10-11(9-14(19)15(20)21)8-12-6-4-5-7-13(12)18/h4-7,11,14H,8-10H2,1-3H3,(H,20,21)/t11-,14+/m0/s1. The molecule has 2 rings (SSSR count). The molecule has 1 N–H and O–H groups in total. The average Bonchev–Trinajstić information content (AvgIpc) is 2.84. The van der Waals surface area contributed by atoms with E-state index in [-0.39, 0.29) is 5.92 Å². The number of carbonyl (C=O) groups is 2. The molecule has 0 spiro atoms. The van der Waals surface area contributed by atoms with Crippen LogP contribution in [0.15, 0.2) is 24.3 Å². The maximum atomic E-state index is 12.3. The Balaban J connectivity index is 2.10. The maximum Gasteiger partial charge on any atom is 0.411 e. The van der Waals surface area contributed by atoms with Crippen LogP contribution in [0.2, 0.25) is 0 Å². The minimum Gasteiger partial charge on any atom is -0.480 e. The summed E-state index contributed by atoms with van der Waals surface area (Å²) in [5.41, 5.74) is 0.556. The molecule has 1 aromatic rings. The van der Waals surface area contributed by atoms with Gasteiger partial charge in [0.15, 0.2) is 0 Å². The first kappa shape index (κ1) is 18.0. The van der Waals surface area contributed by atoms with Crippen LogP contribution in [0.4, 0.5) is 4.79 Å². The van der Waals surface area contributed by atoms with E-state index in [9.17, 15) is 14.7 Å². The summed E-state index contributed by atoms with van der Waals surface area (Å²) in [4.78, 5) is 25.1. The molecule has 1 heterocycles. The number of ether oxygens (including phenoxy) is 1. The van der Waals surface area contributed by atoms with E-state index < -0.39 is 23.7 Å². The van der Waals surface area contributed by atoms with Crippen molar-refractivity contribution >= 4 is 34.7 Å². The van der Waals surface area contributed by atoms with Crippen LogP contribution >= 0.6 is 22.6 Å². The molecule has 0 unspecified atom stereocenters. The molecular formula is C17H22INO4. The Morgan fingerprint density at radius 1 is 1.35 bits per heavy atom. The highest BCUT2D eigenvalue weighted by molar-refractivity contribution is 14.1. The average molecular weight is 431 g/mol. The molecule has 0 bridgehead atoms. The molecule has 126 valence electrons. The molecule has 1 aliphatic rings. The Bertz CT molecular complexity index is 597. The predicted molar refractivity (Wildman–Crippen MR) is 95.3 cm³/mol. The summed E-state index contributed by atoms with van der Waals surface area (Å²) < 4.78 is 6.51. The van der Waals surface area contributed by atoms with Crippen molar-refractivity contribution in [3.05, 3.63) is 33.4 Å². The van der Waals surface area contributed by atoms with E-state index in [0.717, 1.165) is 9.99 Å². The third-order valence-electron chi connectivity index (χ3n) is 3.77. The molecule has 1 amide bonds. The Morgan fingerprint density at radius 2 is 2.00 bits per heavy atom. The van der Waals surface area contributed by atoms with E-state index in [1.807, 2.05) is 24.3 Å². The van der Waals surface area contributed by atoms with Crippen LogP contribution in [0.3, 0.4) is 0 Å². The molecule has 0 aromatic heterocycles. The summed E-state index contributed by atoms with van der Waals surface area (Å²) >= 11 is 2.28.